The minimum Gasteiger partial charge on any atom is -0.460 e. The van der Waals surface area contributed by atoms with Crippen molar-refractivity contribution in [3.63, 3.8) is 0 Å². The summed E-state index contributed by atoms with van der Waals surface area (Å²) >= 11 is 0. The van der Waals surface area contributed by atoms with Crippen molar-refractivity contribution in [3.05, 3.63) is 0 Å². The lowest BCUT2D eigenvalue weighted by molar-refractivity contribution is -0.168. The summed E-state index contributed by atoms with van der Waals surface area (Å²) < 4.78 is 15.2. The molecule has 0 bridgehead atoms. The second kappa shape index (κ2) is 6.21. The number of nitrogens with zero attached hydrogens (tertiary/aromatic N) is 1. The normalized spacial score (nSPS) is 26.6. The van der Waals surface area contributed by atoms with E-state index in [2.05, 4.69) is 0 Å². The van der Waals surface area contributed by atoms with Gasteiger partial charge < -0.3 is 19.1 Å². The average molecular weight is 285 g/mol. The van der Waals surface area contributed by atoms with E-state index in [1.807, 2.05) is 0 Å². The van der Waals surface area contributed by atoms with Crippen molar-refractivity contribution in [1.29, 1.82) is 0 Å². The predicted octanol–water partition coefficient (Wildman–Crippen LogP) is -0.271. The van der Waals surface area contributed by atoms with E-state index in [1.54, 1.807) is 18.7 Å². The Hall–Kier alpha value is -1.63. The number of hydrogen-bond acceptors (Lipinski definition) is 6. The Kier molecular flexibility index (Phi) is 4.59. The zero-order chi connectivity index (χ0) is 14.7. The van der Waals surface area contributed by atoms with Crippen LogP contribution in [0.25, 0.3) is 0 Å². The van der Waals surface area contributed by atoms with Crippen molar-refractivity contribution < 1.29 is 28.6 Å². The highest BCUT2D eigenvalue weighted by atomic mass is 16.6. The Morgan fingerprint density at radius 1 is 1.30 bits per heavy atom. The zero-order valence-corrected chi connectivity index (χ0v) is 11.7. The fourth-order valence-corrected chi connectivity index (χ4v) is 2.31. The quantitative estimate of drug-likeness (QED) is 0.664. The average Bonchev–Trinajstić information content (AvgIpc) is 2.80. The number of rotatable bonds is 3. The van der Waals surface area contributed by atoms with Gasteiger partial charge >= 0.3 is 11.9 Å². The highest BCUT2D eigenvalue weighted by molar-refractivity contribution is 5.94. The summed E-state index contributed by atoms with van der Waals surface area (Å²) in [4.78, 5) is 37.3. The molecule has 2 saturated heterocycles. The lowest BCUT2D eigenvalue weighted by atomic mass is 9.99. The second-order valence-corrected chi connectivity index (χ2v) is 5.14. The smallest absolute Gasteiger partial charge is 0.348 e. The van der Waals surface area contributed by atoms with Crippen molar-refractivity contribution in [3.8, 4) is 0 Å². The van der Waals surface area contributed by atoms with Gasteiger partial charge in [0.15, 0.2) is 0 Å². The Labute approximate surface area is 117 Å². The fourth-order valence-electron chi connectivity index (χ4n) is 2.31. The molecule has 0 aromatic carbocycles. The lowest BCUT2D eigenvalue weighted by Gasteiger charge is -2.29. The van der Waals surface area contributed by atoms with E-state index in [0.717, 1.165) is 0 Å². The minimum absolute atomic E-state index is 0.0753. The number of hydrogen-bond donors (Lipinski definition) is 0. The van der Waals surface area contributed by atoms with Crippen molar-refractivity contribution in [2.75, 3.05) is 26.3 Å². The monoisotopic (exact) mass is 285 g/mol. The molecule has 1 amide bonds. The first-order valence-corrected chi connectivity index (χ1v) is 6.75. The fraction of sp³-hybridized carbons (Fsp3) is 0.769. The molecule has 2 aliphatic rings. The SMILES string of the molecule is CC(C)OC(=O)[C@@H]1OC(=O)C[C@@H]1C(=O)N1CCOCC1. The van der Waals surface area contributed by atoms with E-state index in [9.17, 15) is 14.4 Å². The minimum atomic E-state index is -1.12. The van der Waals surface area contributed by atoms with Crippen LogP contribution in [-0.4, -0.2) is 61.3 Å². The Morgan fingerprint density at radius 2 is 1.95 bits per heavy atom. The number of esters is 2. The van der Waals surface area contributed by atoms with Gasteiger partial charge in [0.25, 0.3) is 0 Å². The molecule has 0 radical (unpaired) electrons. The number of carbonyl (C=O) groups is 3. The van der Waals surface area contributed by atoms with E-state index in [-0.39, 0.29) is 18.4 Å². The van der Waals surface area contributed by atoms with Gasteiger partial charge in [0.1, 0.15) is 0 Å². The molecule has 20 heavy (non-hydrogen) atoms. The van der Waals surface area contributed by atoms with Gasteiger partial charge in [0.05, 0.1) is 31.7 Å². The molecule has 0 spiro atoms. The summed E-state index contributed by atoms with van der Waals surface area (Å²) in [5.41, 5.74) is 0. The molecule has 0 saturated carbocycles. The van der Waals surface area contributed by atoms with Crippen molar-refractivity contribution in [1.82, 2.24) is 4.90 Å². The van der Waals surface area contributed by atoms with Gasteiger partial charge in [0.2, 0.25) is 12.0 Å². The van der Waals surface area contributed by atoms with Gasteiger partial charge in [-0.25, -0.2) is 4.79 Å². The molecular formula is C13H19NO6. The molecule has 0 aliphatic carbocycles. The summed E-state index contributed by atoms with van der Waals surface area (Å²) in [6.45, 7) is 5.27. The van der Waals surface area contributed by atoms with Gasteiger partial charge in [-0.05, 0) is 13.8 Å². The molecule has 0 aromatic rings. The molecule has 0 N–H and O–H groups in total. The van der Waals surface area contributed by atoms with E-state index >= 15 is 0 Å². The third kappa shape index (κ3) is 3.27. The third-order valence-electron chi connectivity index (χ3n) is 3.23. The van der Waals surface area contributed by atoms with E-state index in [0.29, 0.717) is 26.3 Å². The maximum Gasteiger partial charge on any atom is 0.348 e. The largest absolute Gasteiger partial charge is 0.460 e. The molecule has 2 atom stereocenters. The highest BCUT2D eigenvalue weighted by Crippen LogP contribution is 2.26. The van der Waals surface area contributed by atoms with Crippen LogP contribution < -0.4 is 0 Å². The molecular weight excluding hydrogens is 266 g/mol. The third-order valence-corrected chi connectivity index (χ3v) is 3.23. The van der Waals surface area contributed by atoms with Crippen molar-refractivity contribution >= 4 is 17.8 Å². The van der Waals surface area contributed by atoms with Crippen LogP contribution in [0.3, 0.4) is 0 Å². The summed E-state index contributed by atoms with van der Waals surface area (Å²) in [5.74, 6) is -2.23. The summed E-state index contributed by atoms with van der Waals surface area (Å²) in [5, 5.41) is 0. The highest BCUT2D eigenvalue weighted by Gasteiger charge is 2.47. The molecule has 112 valence electrons. The molecule has 2 aliphatic heterocycles. The summed E-state index contributed by atoms with van der Waals surface area (Å²) in [7, 11) is 0. The van der Waals surface area contributed by atoms with Gasteiger partial charge in [-0.2, -0.15) is 0 Å². The summed E-state index contributed by atoms with van der Waals surface area (Å²) in [6, 6.07) is 0. The van der Waals surface area contributed by atoms with Crippen LogP contribution in [0.15, 0.2) is 0 Å². The second-order valence-electron chi connectivity index (χ2n) is 5.14. The van der Waals surface area contributed by atoms with Gasteiger partial charge in [-0.15, -0.1) is 0 Å². The maximum atomic E-state index is 12.4. The predicted molar refractivity (Wildman–Crippen MR) is 66.6 cm³/mol. The molecule has 2 rings (SSSR count). The number of morpholine rings is 1. The molecule has 2 fully saturated rings. The molecule has 7 heteroatoms. The first kappa shape index (κ1) is 14.8. The van der Waals surface area contributed by atoms with Crippen LogP contribution >= 0.6 is 0 Å². The zero-order valence-electron chi connectivity index (χ0n) is 11.7. The summed E-state index contributed by atoms with van der Waals surface area (Å²) in [6.07, 6.45) is -1.52. The molecule has 0 unspecified atom stereocenters. The van der Waals surface area contributed by atoms with Crippen LogP contribution in [0.5, 0.6) is 0 Å². The lowest BCUT2D eigenvalue weighted by Crippen LogP contribution is -2.47. The van der Waals surface area contributed by atoms with Gasteiger partial charge in [-0.1, -0.05) is 0 Å². The number of ether oxygens (including phenoxy) is 3. The first-order chi connectivity index (χ1) is 9.49. The van der Waals surface area contributed by atoms with Crippen molar-refractivity contribution in [2.45, 2.75) is 32.5 Å². The Bertz CT molecular complexity index is 402. The van der Waals surface area contributed by atoms with Crippen LogP contribution in [0.2, 0.25) is 0 Å². The first-order valence-electron chi connectivity index (χ1n) is 6.75. The molecule has 7 nitrogen and oxygen atoms in total. The number of amides is 1. The maximum absolute atomic E-state index is 12.4. The Morgan fingerprint density at radius 3 is 2.55 bits per heavy atom. The van der Waals surface area contributed by atoms with Gasteiger partial charge in [-0.3, -0.25) is 9.59 Å². The van der Waals surface area contributed by atoms with E-state index < -0.39 is 24.0 Å². The van der Waals surface area contributed by atoms with Crippen LogP contribution in [0.1, 0.15) is 20.3 Å². The van der Waals surface area contributed by atoms with Crippen molar-refractivity contribution in [2.24, 2.45) is 5.92 Å². The van der Waals surface area contributed by atoms with Gasteiger partial charge in [0, 0.05) is 13.1 Å². The van der Waals surface area contributed by atoms with Crippen LogP contribution in [-0.2, 0) is 28.6 Å². The number of cyclic esters (lactones) is 1. The van der Waals surface area contributed by atoms with E-state index in [4.69, 9.17) is 14.2 Å². The Balaban J connectivity index is 2.05. The topological polar surface area (TPSA) is 82.1 Å². The van der Waals surface area contributed by atoms with E-state index in [1.165, 1.54) is 0 Å². The van der Waals surface area contributed by atoms with Crippen LogP contribution in [0, 0.1) is 5.92 Å². The number of carbonyl (C=O) groups excluding carboxylic acids is 3. The van der Waals surface area contributed by atoms with Crippen LogP contribution in [0.4, 0.5) is 0 Å². The molecule has 2 heterocycles. The molecule has 0 aromatic heterocycles. The standard InChI is InChI=1S/C13H19NO6/c1-8(2)19-13(17)11-9(7-10(15)20-11)12(16)14-3-5-18-6-4-14/h8-9,11H,3-7H2,1-2H3/t9-,11+/m0/s1.